The van der Waals surface area contributed by atoms with Crippen molar-refractivity contribution in [3.63, 3.8) is 0 Å². The standard InChI is InChI=1S/C30H51N4O14PSi2/c1-29(2,3)50(7,8)47-23-21(38)18(45-25(23)33-13-11-19(36)31-27(33)39)16-43-49(41,42)46-22-17(15-35)44-26(34-14-12-20(37)32-28(34)40)24(22)48-51(9,10)30(4,5)6/h11-14,17-18,21-26,35,38H,15-16H2,1-10H3,(H,41,42)(H,31,36,39)(H,32,37,40)/t17-,18-,21-,22-,23-,24-,25-,26-/m1/s1. The van der Waals surface area contributed by atoms with Gasteiger partial charge in [0.1, 0.15) is 36.6 Å². The van der Waals surface area contributed by atoms with Crippen LogP contribution in [0.15, 0.2) is 43.7 Å². The van der Waals surface area contributed by atoms with Crippen molar-refractivity contribution in [1.82, 2.24) is 19.1 Å². The molecule has 0 saturated carbocycles. The quantitative estimate of drug-likeness (QED) is 0.152. The van der Waals surface area contributed by atoms with Crippen LogP contribution in [0.3, 0.4) is 0 Å². The molecule has 2 aromatic rings. The fourth-order valence-electron chi connectivity index (χ4n) is 5.18. The van der Waals surface area contributed by atoms with Crippen LogP contribution in [-0.2, 0) is 31.9 Å². The molecule has 5 N–H and O–H groups in total. The molecule has 0 aliphatic carbocycles. The number of phosphoric ester groups is 1. The first kappa shape index (κ1) is 41.4. The van der Waals surface area contributed by atoms with Crippen LogP contribution in [-0.4, -0.2) is 101 Å². The Morgan fingerprint density at radius 2 is 1.22 bits per heavy atom. The zero-order valence-electron chi connectivity index (χ0n) is 30.5. The Bertz CT molecular complexity index is 1830. The molecule has 2 aliphatic heterocycles. The van der Waals surface area contributed by atoms with Crippen LogP contribution in [0.25, 0.3) is 0 Å². The molecule has 51 heavy (non-hydrogen) atoms. The zero-order chi connectivity index (χ0) is 38.5. The number of nitrogens with zero attached hydrogens (tertiary/aromatic N) is 2. The first-order valence-corrected chi connectivity index (χ1v) is 23.8. The van der Waals surface area contributed by atoms with Gasteiger partial charge in [-0.15, -0.1) is 0 Å². The molecule has 0 radical (unpaired) electrons. The highest BCUT2D eigenvalue weighted by Gasteiger charge is 2.55. The van der Waals surface area contributed by atoms with Gasteiger partial charge in [-0.25, -0.2) is 14.2 Å². The van der Waals surface area contributed by atoms with Gasteiger partial charge in [0.25, 0.3) is 11.1 Å². The van der Waals surface area contributed by atoms with E-state index in [9.17, 15) is 38.8 Å². The molecule has 288 valence electrons. The molecule has 2 aromatic heterocycles. The summed E-state index contributed by atoms with van der Waals surface area (Å²) in [6.45, 7) is 18.1. The van der Waals surface area contributed by atoms with Crippen molar-refractivity contribution in [2.75, 3.05) is 13.2 Å². The number of aromatic amines is 2. The molecule has 0 aromatic carbocycles. The molecule has 1 unspecified atom stereocenters. The minimum absolute atomic E-state index is 0.315. The number of aromatic nitrogens is 4. The fraction of sp³-hybridized carbons (Fsp3) is 0.733. The fourth-order valence-corrected chi connectivity index (χ4v) is 8.71. The van der Waals surface area contributed by atoms with E-state index in [1.807, 2.05) is 67.7 Å². The van der Waals surface area contributed by atoms with Gasteiger partial charge in [-0.3, -0.25) is 37.7 Å². The molecule has 2 saturated heterocycles. The summed E-state index contributed by atoms with van der Waals surface area (Å²) >= 11 is 0. The third kappa shape index (κ3) is 9.07. The maximum absolute atomic E-state index is 13.6. The summed E-state index contributed by atoms with van der Waals surface area (Å²) in [6, 6.07) is 2.21. The Morgan fingerprint density at radius 3 is 1.65 bits per heavy atom. The second-order valence-electron chi connectivity index (χ2n) is 15.9. The van der Waals surface area contributed by atoms with E-state index in [0.29, 0.717) is 0 Å². The van der Waals surface area contributed by atoms with Crippen LogP contribution in [0.2, 0.25) is 36.3 Å². The lowest BCUT2D eigenvalue weighted by atomic mass is 10.1. The maximum Gasteiger partial charge on any atom is 0.472 e. The summed E-state index contributed by atoms with van der Waals surface area (Å²) in [7, 11) is -10.4. The lowest BCUT2D eigenvalue weighted by Gasteiger charge is -2.40. The predicted octanol–water partition coefficient (Wildman–Crippen LogP) is 1.52. The number of nitrogens with one attached hydrogen (secondary N) is 2. The second-order valence-corrected chi connectivity index (χ2v) is 26.8. The number of ether oxygens (including phenoxy) is 2. The third-order valence-corrected chi connectivity index (χ3v) is 20.1. The minimum Gasteiger partial charge on any atom is -0.407 e. The van der Waals surface area contributed by atoms with Gasteiger partial charge < -0.3 is 33.4 Å². The van der Waals surface area contributed by atoms with Crippen LogP contribution in [0.1, 0.15) is 54.0 Å². The highest BCUT2D eigenvalue weighted by molar-refractivity contribution is 7.47. The molecule has 0 bridgehead atoms. The summed E-state index contributed by atoms with van der Waals surface area (Å²) in [5.74, 6) is 0. The van der Waals surface area contributed by atoms with E-state index >= 15 is 0 Å². The SMILES string of the molecule is CC(C)(C)[Si](C)(C)O[C@@H]1[C@H](O)[C@@H](COP(=O)(O)O[C@H]2[C@@H](O[Si](C)(C)C(C)(C)C)[C@H](n3ccc(=O)[nH]c3=O)O[C@@H]2CO)O[C@H]1n1ccc(=O)[nH]c1=O. The number of H-pyrrole nitrogens is 2. The molecule has 4 rings (SSSR count). The van der Waals surface area contributed by atoms with Crippen molar-refractivity contribution in [1.29, 1.82) is 0 Å². The van der Waals surface area contributed by atoms with E-state index in [0.717, 1.165) is 21.3 Å². The Hall–Kier alpha value is -2.34. The first-order valence-electron chi connectivity index (χ1n) is 16.5. The Morgan fingerprint density at radius 1 is 0.784 bits per heavy atom. The van der Waals surface area contributed by atoms with Crippen LogP contribution in [0.4, 0.5) is 0 Å². The zero-order valence-corrected chi connectivity index (χ0v) is 33.4. The van der Waals surface area contributed by atoms with E-state index < -0.39 is 109 Å². The number of hydrogen-bond acceptors (Lipinski definition) is 13. The molecule has 0 amide bonds. The monoisotopic (exact) mass is 778 g/mol. The topological polar surface area (TPSA) is 243 Å². The molecule has 9 atom stereocenters. The maximum atomic E-state index is 13.6. The highest BCUT2D eigenvalue weighted by atomic mass is 31.2. The van der Waals surface area contributed by atoms with Crippen LogP contribution in [0, 0.1) is 0 Å². The van der Waals surface area contributed by atoms with E-state index in [1.165, 1.54) is 12.4 Å². The van der Waals surface area contributed by atoms with Crippen LogP contribution < -0.4 is 22.5 Å². The third-order valence-electron chi connectivity index (χ3n) is 10.2. The Labute approximate surface area is 296 Å². The highest BCUT2D eigenvalue weighted by Crippen LogP contribution is 2.51. The second kappa shape index (κ2) is 14.8. The van der Waals surface area contributed by atoms with E-state index in [1.54, 1.807) is 0 Å². The molecule has 21 heteroatoms. The van der Waals surface area contributed by atoms with E-state index in [2.05, 4.69) is 9.97 Å². The van der Waals surface area contributed by atoms with Crippen molar-refractivity contribution in [3.05, 3.63) is 66.2 Å². The van der Waals surface area contributed by atoms with Gasteiger partial charge in [-0.1, -0.05) is 41.5 Å². The summed E-state index contributed by atoms with van der Waals surface area (Å²) < 4.78 is 51.7. The van der Waals surface area contributed by atoms with Crippen LogP contribution in [0.5, 0.6) is 0 Å². The number of phosphoric acid groups is 1. The lowest BCUT2D eigenvalue weighted by molar-refractivity contribution is -0.0607. The van der Waals surface area contributed by atoms with Gasteiger partial charge in [0.15, 0.2) is 29.1 Å². The lowest BCUT2D eigenvalue weighted by Crippen LogP contribution is -2.50. The van der Waals surface area contributed by atoms with Gasteiger partial charge in [0, 0.05) is 24.5 Å². The van der Waals surface area contributed by atoms with Crippen molar-refractivity contribution in [2.24, 2.45) is 0 Å². The van der Waals surface area contributed by atoms with Gasteiger partial charge in [0.2, 0.25) is 0 Å². The number of hydrogen-bond donors (Lipinski definition) is 5. The van der Waals surface area contributed by atoms with Crippen LogP contribution >= 0.6 is 7.82 Å². The molecule has 0 spiro atoms. The smallest absolute Gasteiger partial charge is 0.407 e. The van der Waals surface area contributed by atoms with E-state index in [4.69, 9.17) is 27.4 Å². The van der Waals surface area contributed by atoms with Gasteiger partial charge in [-0.05, 0) is 36.3 Å². The summed E-state index contributed by atoms with van der Waals surface area (Å²) in [6.07, 6.45) is -8.02. The molecule has 18 nitrogen and oxygen atoms in total. The summed E-state index contributed by atoms with van der Waals surface area (Å²) in [5.41, 5.74) is -2.95. The minimum atomic E-state index is -5.09. The summed E-state index contributed by atoms with van der Waals surface area (Å²) in [5, 5.41) is 21.0. The predicted molar refractivity (Wildman–Crippen MR) is 188 cm³/mol. The Kier molecular flexibility index (Phi) is 12.0. The molecule has 2 fully saturated rings. The van der Waals surface area contributed by atoms with Crippen molar-refractivity contribution < 1.29 is 47.0 Å². The average Bonchev–Trinajstić information content (AvgIpc) is 3.46. The largest absolute Gasteiger partial charge is 0.472 e. The number of aliphatic hydroxyl groups excluding tert-OH is 2. The normalized spacial score (nSPS) is 29.0. The van der Waals surface area contributed by atoms with Gasteiger partial charge >= 0.3 is 19.2 Å². The number of aliphatic hydroxyl groups is 2. The first-order chi connectivity index (χ1) is 23.3. The average molecular weight is 779 g/mol. The summed E-state index contributed by atoms with van der Waals surface area (Å²) in [4.78, 5) is 64.4. The van der Waals surface area contributed by atoms with Crippen molar-refractivity contribution >= 4 is 24.5 Å². The van der Waals surface area contributed by atoms with Crippen molar-refractivity contribution in [3.8, 4) is 0 Å². The van der Waals surface area contributed by atoms with Crippen molar-refractivity contribution in [2.45, 2.75) is 127 Å². The Balaban J connectivity index is 1.62. The molecular weight excluding hydrogens is 727 g/mol. The van der Waals surface area contributed by atoms with E-state index in [-0.39, 0.29) is 10.1 Å². The van der Waals surface area contributed by atoms with Gasteiger partial charge in [-0.2, -0.15) is 0 Å². The molecule has 4 heterocycles. The molecular formula is C30H51N4O14PSi2. The molecule has 2 aliphatic rings. The number of rotatable bonds is 12. The van der Waals surface area contributed by atoms with Gasteiger partial charge in [0.05, 0.1) is 13.2 Å².